The van der Waals surface area contributed by atoms with Crippen LogP contribution in [-0.2, 0) is 16.1 Å². The fraction of sp³-hybridized carbons (Fsp3) is 0.0385. The summed E-state index contributed by atoms with van der Waals surface area (Å²) in [6.45, 7) is 0.450. The number of thiocarbonyl (C=S) groups is 1. The van der Waals surface area contributed by atoms with Crippen molar-refractivity contribution >= 4 is 75.0 Å². The van der Waals surface area contributed by atoms with Gasteiger partial charge in [-0.25, -0.2) is 9.29 Å². The molecule has 0 spiro atoms. The second kappa shape index (κ2) is 9.26. The van der Waals surface area contributed by atoms with Crippen LogP contribution in [0.1, 0.15) is 11.1 Å². The average molecular weight is 524 g/mol. The lowest BCUT2D eigenvalue weighted by molar-refractivity contribution is -0.122. The van der Waals surface area contributed by atoms with Gasteiger partial charge in [-0.3, -0.25) is 14.9 Å². The number of aromatic nitrogens is 1. The highest BCUT2D eigenvalue weighted by molar-refractivity contribution is 7.80. The van der Waals surface area contributed by atoms with Crippen molar-refractivity contribution in [3.8, 4) is 0 Å². The van der Waals surface area contributed by atoms with Crippen LogP contribution in [-0.4, -0.2) is 21.5 Å². The van der Waals surface area contributed by atoms with Crippen molar-refractivity contribution in [2.75, 3.05) is 4.90 Å². The van der Waals surface area contributed by atoms with Crippen molar-refractivity contribution in [3.63, 3.8) is 0 Å². The highest BCUT2D eigenvalue weighted by Gasteiger charge is 2.35. The molecule has 5 rings (SSSR count). The largest absolute Gasteiger partial charge is 0.342 e. The van der Waals surface area contributed by atoms with E-state index in [1.165, 1.54) is 24.3 Å². The van der Waals surface area contributed by atoms with Crippen LogP contribution in [0.3, 0.4) is 0 Å². The van der Waals surface area contributed by atoms with Gasteiger partial charge < -0.3 is 4.57 Å². The third kappa shape index (κ3) is 4.34. The van der Waals surface area contributed by atoms with Crippen LogP contribution in [0.2, 0.25) is 10.0 Å². The SMILES string of the molecule is O=C1NC(=S)N(c2ccccc2F)C(=O)/C1=C/c1cn(Cc2ccc(Cl)cc2Cl)c2ccccc12. The number of carbonyl (C=O) groups excluding carboxylic acids is 2. The maximum absolute atomic E-state index is 14.4. The summed E-state index contributed by atoms with van der Waals surface area (Å²) in [5.74, 6) is -1.98. The molecule has 2 amide bonds. The Hall–Kier alpha value is -3.52. The van der Waals surface area contributed by atoms with Crippen molar-refractivity contribution in [1.29, 1.82) is 0 Å². The van der Waals surface area contributed by atoms with Gasteiger partial charge in [0.05, 0.1) is 5.69 Å². The Balaban J connectivity index is 1.58. The second-order valence-electron chi connectivity index (χ2n) is 7.87. The molecule has 0 radical (unpaired) electrons. The maximum Gasteiger partial charge on any atom is 0.270 e. The van der Waals surface area contributed by atoms with Crippen molar-refractivity contribution in [3.05, 3.63) is 105 Å². The summed E-state index contributed by atoms with van der Waals surface area (Å²) in [6.07, 6.45) is 3.33. The van der Waals surface area contributed by atoms with Crippen molar-refractivity contribution in [2.45, 2.75) is 6.54 Å². The van der Waals surface area contributed by atoms with Crippen molar-refractivity contribution < 1.29 is 14.0 Å². The first kappa shape index (κ1) is 23.2. The summed E-state index contributed by atoms with van der Waals surface area (Å²) in [6, 6.07) is 18.6. The van der Waals surface area contributed by atoms with Gasteiger partial charge in [-0.2, -0.15) is 0 Å². The average Bonchev–Trinajstić information content (AvgIpc) is 3.17. The molecule has 1 aromatic heterocycles. The zero-order valence-corrected chi connectivity index (χ0v) is 20.3. The van der Waals surface area contributed by atoms with Gasteiger partial charge in [0.1, 0.15) is 11.4 Å². The Bertz CT molecular complexity index is 1560. The fourth-order valence-corrected chi connectivity index (χ4v) is 4.76. The Morgan fingerprint density at radius 2 is 1.74 bits per heavy atom. The van der Waals surface area contributed by atoms with Gasteiger partial charge in [0, 0.05) is 39.3 Å². The highest BCUT2D eigenvalue weighted by atomic mass is 35.5. The lowest BCUT2D eigenvalue weighted by atomic mass is 10.1. The number of benzene rings is 3. The Kier molecular flexibility index (Phi) is 6.15. The van der Waals surface area contributed by atoms with Crippen LogP contribution in [0.15, 0.2) is 78.5 Å². The molecule has 1 aliphatic heterocycles. The summed E-state index contributed by atoms with van der Waals surface area (Å²) in [4.78, 5) is 27.1. The molecule has 1 fully saturated rings. The van der Waals surface area contributed by atoms with Gasteiger partial charge in [0.2, 0.25) is 0 Å². The van der Waals surface area contributed by atoms with E-state index in [4.69, 9.17) is 35.4 Å². The van der Waals surface area contributed by atoms with Crippen LogP contribution in [0.25, 0.3) is 17.0 Å². The second-order valence-corrected chi connectivity index (χ2v) is 9.10. The summed E-state index contributed by atoms with van der Waals surface area (Å²) in [5.41, 5.74) is 2.20. The minimum atomic E-state index is -0.707. The predicted octanol–water partition coefficient (Wildman–Crippen LogP) is 5.97. The van der Waals surface area contributed by atoms with Crippen LogP contribution >= 0.6 is 35.4 Å². The van der Waals surface area contributed by atoms with Gasteiger partial charge in [0.15, 0.2) is 5.11 Å². The van der Waals surface area contributed by atoms with Crippen LogP contribution in [0, 0.1) is 5.82 Å². The molecule has 1 saturated heterocycles. The van der Waals surface area contributed by atoms with E-state index < -0.39 is 17.6 Å². The number of nitrogens with zero attached hydrogens (tertiary/aromatic N) is 2. The molecule has 0 unspecified atom stereocenters. The van der Waals surface area contributed by atoms with E-state index in [1.54, 1.807) is 18.2 Å². The van der Waals surface area contributed by atoms with E-state index in [0.29, 0.717) is 22.2 Å². The number of hydrogen-bond acceptors (Lipinski definition) is 3. The molecule has 9 heteroatoms. The standard InChI is InChI=1S/C26H16Cl2FN3O2S/c27-17-10-9-15(20(28)12-17)13-31-14-16(18-5-1-3-7-22(18)31)11-19-24(33)30-26(35)32(25(19)34)23-8-4-2-6-21(23)29/h1-12,14H,13H2,(H,30,33,35)/b19-11+. The van der Waals surface area contributed by atoms with Gasteiger partial charge in [-0.1, -0.05) is 59.6 Å². The first-order chi connectivity index (χ1) is 16.8. The molecule has 0 saturated carbocycles. The van der Waals surface area contributed by atoms with Crippen molar-refractivity contribution in [1.82, 2.24) is 9.88 Å². The Morgan fingerprint density at radius 3 is 2.51 bits per heavy atom. The number of hydrogen-bond donors (Lipinski definition) is 1. The monoisotopic (exact) mass is 523 g/mol. The number of carbonyl (C=O) groups is 2. The molecule has 0 aliphatic carbocycles. The molecule has 5 nitrogen and oxygen atoms in total. The summed E-state index contributed by atoms with van der Waals surface area (Å²) in [7, 11) is 0. The maximum atomic E-state index is 14.4. The molecular weight excluding hydrogens is 508 g/mol. The van der Waals surface area contributed by atoms with Gasteiger partial charge >= 0.3 is 0 Å². The molecule has 4 aromatic rings. The third-order valence-corrected chi connectivity index (χ3v) is 6.54. The highest BCUT2D eigenvalue weighted by Crippen LogP contribution is 2.29. The molecule has 174 valence electrons. The minimum absolute atomic E-state index is 0.0341. The fourth-order valence-electron chi connectivity index (χ4n) is 4.02. The molecule has 1 N–H and O–H groups in total. The molecule has 35 heavy (non-hydrogen) atoms. The molecular formula is C26H16Cl2FN3O2S. The van der Waals surface area contributed by atoms with Crippen molar-refractivity contribution in [2.24, 2.45) is 0 Å². The summed E-state index contributed by atoms with van der Waals surface area (Å²) >= 11 is 17.6. The van der Waals surface area contributed by atoms with Crippen LogP contribution in [0.5, 0.6) is 0 Å². The summed E-state index contributed by atoms with van der Waals surface area (Å²) in [5, 5.41) is 4.22. The molecule has 0 atom stereocenters. The van der Waals surface area contributed by atoms with Crippen LogP contribution < -0.4 is 10.2 Å². The van der Waals surface area contributed by atoms with E-state index in [9.17, 15) is 14.0 Å². The number of amides is 2. The van der Waals surface area contributed by atoms with Gasteiger partial charge in [0.25, 0.3) is 11.8 Å². The summed E-state index contributed by atoms with van der Waals surface area (Å²) < 4.78 is 16.4. The van der Waals surface area contributed by atoms with E-state index in [-0.39, 0.29) is 16.4 Å². The Labute approximate surface area is 215 Å². The number of rotatable bonds is 4. The van der Waals surface area contributed by atoms with Gasteiger partial charge in [-0.05, 0) is 54.2 Å². The zero-order valence-electron chi connectivity index (χ0n) is 18.0. The number of para-hydroxylation sites is 2. The molecule has 3 aromatic carbocycles. The number of anilines is 1. The van der Waals surface area contributed by atoms with E-state index in [2.05, 4.69) is 5.32 Å². The first-order valence-corrected chi connectivity index (χ1v) is 11.7. The van der Waals surface area contributed by atoms with E-state index >= 15 is 0 Å². The first-order valence-electron chi connectivity index (χ1n) is 10.5. The third-order valence-electron chi connectivity index (χ3n) is 5.67. The molecule has 0 bridgehead atoms. The normalized spacial score (nSPS) is 15.2. The predicted molar refractivity (Wildman–Crippen MR) is 140 cm³/mol. The number of nitrogens with one attached hydrogen (secondary N) is 1. The van der Waals surface area contributed by atoms with E-state index in [1.807, 2.05) is 41.1 Å². The minimum Gasteiger partial charge on any atom is -0.342 e. The van der Waals surface area contributed by atoms with Crippen LogP contribution in [0.4, 0.5) is 10.1 Å². The Morgan fingerprint density at radius 1 is 1.00 bits per heavy atom. The number of halogens is 3. The van der Waals surface area contributed by atoms with E-state index in [0.717, 1.165) is 21.4 Å². The topological polar surface area (TPSA) is 54.3 Å². The lowest BCUT2D eigenvalue weighted by Crippen LogP contribution is -2.54. The lowest BCUT2D eigenvalue weighted by Gasteiger charge is -2.29. The quantitative estimate of drug-likeness (QED) is 0.204. The molecule has 2 heterocycles. The van der Waals surface area contributed by atoms with Gasteiger partial charge in [-0.15, -0.1) is 0 Å². The zero-order chi connectivity index (χ0) is 24.7. The molecule has 1 aliphatic rings. The number of fused-ring (bicyclic) bond motifs is 1. The smallest absolute Gasteiger partial charge is 0.270 e.